The number of aromatic nitrogens is 1. The van der Waals surface area contributed by atoms with Gasteiger partial charge in [-0.25, -0.2) is 0 Å². The maximum absolute atomic E-state index is 11.6. The molecule has 0 spiro atoms. The van der Waals surface area contributed by atoms with Gasteiger partial charge in [0.1, 0.15) is 5.75 Å². The summed E-state index contributed by atoms with van der Waals surface area (Å²) in [6.07, 6.45) is 2.32. The second-order valence-corrected chi connectivity index (χ2v) is 4.79. The number of fused-ring (bicyclic) bond motifs is 1. The Morgan fingerprint density at radius 1 is 1.35 bits per heavy atom. The van der Waals surface area contributed by atoms with E-state index in [1.54, 1.807) is 7.11 Å². The van der Waals surface area contributed by atoms with Crippen molar-refractivity contribution in [2.75, 3.05) is 7.11 Å². The minimum atomic E-state index is -0.502. The third-order valence-corrected chi connectivity index (χ3v) is 3.27. The molecule has 1 heterocycles. The van der Waals surface area contributed by atoms with Crippen LogP contribution in [0.15, 0.2) is 24.4 Å². The van der Waals surface area contributed by atoms with Crippen LogP contribution in [0.2, 0.25) is 0 Å². The highest BCUT2D eigenvalue weighted by atomic mass is 16.5. The summed E-state index contributed by atoms with van der Waals surface area (Å²) in [5, 5.41) is 3.68. The number of hydrogen-bond donors (Lipinski definition) is 2. The van der Waals surface area contributed by atoms with Gasteiger partial charge < -0.3 is 15.0 Å². The number of H-pyrrole nitrogens is 1. The number of amides is 1. The van der Waals surface area contributed by atoms with Crippen molar-refractivity contribution < 1.29 is 14.3 Å². The van der Waals surface area contributed by atoms with Crippen molar-refractivity contribution in [3.8, 4) is 5.75 Å². The van der Waals surface area contributed by atoms with Crippen molar-refractivity contribution >= 4 is 22.6 Å². The Labute approximate surface area is 117 Å². The number of nitrogens with one attached hydrogen (secondary N) is 2. The van der Waals surface area contributed by atoms with Gasteiger partial charge in [-0.15, -0.1) is 0 Å². The Morgan fingerprint density at radius 2 is 2.10 bits per heavy atom. The van der Waals surface area contributed by atoms with Gasteiger partial charge in [0.05, 0.1) is 13.2 Å². The van der Waals surface area contributed by atoms with Crippen molar-refractivity contribution in [2.24, 2.45) is 0 Å². The highest BCUT2D eigenvalue weighted by Gasteiger charge is 2.18. The van der Waals surface area contributed by atoms with Crippen molar-refractivity contribution in [1.82, 2.24) is 10.3 Å². The summed E-state index contributed by atoms with van der Waals surface area (Å²) in [7, 11) is 1.61. The number of hydrogen-bond acceptors (Lipinski definition) is 3. The third kappa shape index (κ3) is 2.99. The van der Waals surface area contributed by atoms with Crippen LogP contribution in [0.4, 0.5) is 0 Å². The van der Waals surface area contributed by atoms with E-state index in [4.69, 9.17) is 4.74 Å². The molecule has 1 unspecified atom stereocenters. The van der Waals surface area contributed by atoms with E-state index in [2.05, 4.69) is 10.3 Å². The molecule has 2 aromatic rings. The molecule has 5 nitrogen and oxygen atoms in total. The van der Waals surface area contributed by atoms with Gasteiger partial charge in [0.25, 0.3) is 0 Å². The maximum Gasteiger partial charge on any atom is 0.217 e. The predicted octanol–water partition coefficient (Wildman–Crippen LogP) is 1.81. The van der Waals surface area contributed by atoms with Crippen molar-refractivity contribution in [1.29, 1.82) is 0 Å². The lowest BCUT2D eigenvalue weighted by Crippen LogP contribution is -2.40. The average molecular weight is 274 g/mol. The lowest BCUT2D eigenvalue weighted by molar-refractivity contribution is -0.125. The van der Waals surface area contributed by atoms with E-state index in [1.165, 1.54) is 13.8 Å². The fourth-order valence-electron chi connectivity index (χ4n) is 2.22. The molecular formula is C15H18N2O3. The zero-order valence-electron chi connectivity index (χ0n) is 11.8. The first kappa shape index (κ1) is 14.1. The largest absolute Gasteiger partial charge is 0.497 e. The molecule has 0 aliphatic heterocycles. The Balaban J connectivity index is 2.31. The Hall–Kier alpha value is -2.30. The SMILES string of the molecule is COc1ccc2[nH]cc(CC(NC(C)=O)C(C)=O)c2c1. The van der Waals surface area contributed by atoms with E-state index in [-0.39, 0.29) is 11.7 Å². The standard InChI is InChI=1S/C15H18N2O3/c1-9(18)15(17-10(2)19)6-11-8-16-14-5-4-12(20-3)7-13(11)14/h4-5,7-8,15-16H,6H2,1-3H3,(H,17,19). The summed E-state index contributed by atoms with van der Waals surface area (Å²) in [6, 6.07) is 5.22. The van der Waals surface area contributed by atoms with Crippen LogP contribution in [0.3, 0.4) is 0 Å². The zero-order chi connectivity index (χ0) is 14.7. The maximum atomic E-state index is 11.6. The topological polar surface area (TPSA) is 71.2 Å². The van der Waals surface area contributed by atoms with Crippen molar-refractivity contribution in [3.05, 3.63) is 30.0 Å². The molecular weight excluding hydrogens is 256 g/mol. The molecule has 5 heteroatoms. The fourth-order valence-corrected chi connectivity index (χ4v) is 2.22. The highest BCUT2D eigenvalue weighted by Crippen LogP contribution is 2.24. The van der Waals surface area contributed by atoms with E-state index < -0.39 is 6.04 Å². The first-order valence-corrected chi connectivity index (χ1v) is 6.43. The van der Waals surface area contributed by atoms with Gasteiger partial charge in [-0.05, 0) is 30.7 Å². The fraction of sp³-hybridized carbons (Fsp3) is 0.333. The number of ketones is 1. The molecule has 106 valence electrons. The number of ether oxygens (including phenoxy) is 1. The second-order valence-electron chi connectivity index (χ2n) is 4.79. The summed E-state index contributed by atoms with van der Waals surface area (Å²) in [5.41, 5.74) is 1.96. The monoisotopic (exact) mass is 274 g/mol. The van der Waals surface area contributed by atoms with E-state index in [1.807, 2.05) is 24.4 Å². The number of aromatic amines is 1. The van der Waals surface area contributed by atoms with E-state index >= 15 is 0 Å². The number of benzene rings is 1. The number of carbonyl (C=O) groups is 2. The summed E-state index contributed by atoms with van der Waals surface area (Å²) in [4.78, 5) is 25.9. The van der Waals surface area contributed by atoms with Crippen LogP contribution in [0.1, 0.15) is 19.4 Å². The van der Waals surface area contributed by atoms with E-state index in [0.717, 1.165) is 22.2 Å². The Bertz CT molecular complexity index is 646. The van der Waals surface area contributed by atoms with Crippen LogP contribution in [-0.4, -0.2) is 29.8 Å². The summed E-state index contributed by atoms with van der Waals surface area (Å²) in [5.74, 6) is 0.498. The molecule has 0 saturated carbocycles. The molecule has 0 aliphatic carbocycles. The molecule has 1 aromatic carbocycles. The molecule has 1 atom stereocenters. The van der Waals surface area contributed by atoms with Crippen molar-refractivity contribution in [3.63, 3.8) is 0 Å². The van der Waals surface area contributed by atoms with Crippen molar-refractivity contribution in [2.45, 2.75) is 26.3 Å². The predicted molar refractivity (Wildman–Crippen MR) is 76.8 cm³/mol. The number of carbonyl (C=O) groups excluding carboxylic acids is 2. The van der Waals surface area contributed by atoms with Gasteiger partial charge in [0, 0.05) is 30.4 Å². The van der Waals surface area contributed by atoms with Gasteiger partial charge in [0.15, 0.2) is 5.78 Å². The Kier molecular flexibility index (Phi) is 4.08. The molecule has 2 rings (SSSR count). The minimum absolute atomic E-state index is 0.0579. The minimum Gasteiger partial charge on any atom is -0.497 e. The molecule has 0 fully saturated rings. The van der Waals surface area contributed by atoms with Crippen LogP contribution in [-0.2, 0) is 16.0 Å². The molecule has 0 bridgehead atoms. The van der Waals surface area contributed by atoms with E-state index in [9.17, 15) is 9.59 Å². The normalized spacial score (nSPS) is 12.2. The second kappa shape index (κ2) is 5.77. The lowest BCUT2D eigenvalue weighted by atomic mass is 10.0. The highest BCUT2D eigenvalue weighted by molar-refractivity contribution is 5.89. The van der Waals surface area contributed by atoms with Crippen LogP contribution < -0.4 is 10.1 Å². The zero-order valence-corrected chi connectivity index (χ0v) is 11.8. The number of Topliss-reactive ketones (excluding diaryl/α,β-unsaturated/α-hetero) is 1. The third-order valence-electron chi connectivity index (χ3n) is 3.27. The molecule has 1 amide bonds. The number of rotatable bonds is 5. The van der Waals surface area contributed by atoms with Gasteiger partial charge in [-0.3, -0.25) is 9.59 Å². The molecule has 0 radical (unpaired) electrons. The van der Waals surface area contributed by atoms with Crippen LogP contribution in [0.25, 0.3) is 10.9 Å². The molecule has 0 aliphatic rings. The summed E-state index contributed by atoms with van der Waals surface area (Å²) in [6.45, 7) is 2.89. The molecule has 0 saturated heterocycles. The first-order valence-electron chi connectivity index (χ1n) is 6.43. The number of methoxy groups -OCH3 is 1. The quantitative estimate of drug-likeness (QED) is 0.873. The smallest absolute Gasteiger partial charge is 0.217 e. The molecule has 20 heavy (non-hydrogen) atoms. The van der Waals surface area contributed by atoms with Crippen LogP contribution in [0, 0.1) is 0 Å². The van der Waals surface area contributed by atoms with Gasteiger partial charge in [-0.2, -0.15) is 0 Å². The molecule has 2 N–H and O–H groups in total. The summed E-state index contributed by atoms with van der Waals surface area (Å²) < 4.78 is 5.21. The lowest BCUT2D eigenvalue weighted by Gasteiger charge is -2.14. The van der Waals surface area contributed by atoms with Gasteiger partial charge >= 0.3 is 0 Å². The Morgan fingerprint density at radius 3 is 2.70 bits per heavy atom. The van der Waals surface area contributed by atoms with Crippen LogP contribution >= 0.6 is 0 Å². The summed E-state index contributed by atoms with van der Waals surface area (Å²) >= 11 is 0. The van der Waals surface area contributed by atoms with Gasteiger partial charge in [-0.1, -0.05) is 0 Å². The van der Waals surface area contributed by atoms with Crippen LogP contribution in [0.5, 0.6) is 5.75 Å². The van der Waals surface area contributed by atoms with Gasteiger partial charge in [0.2, 0.25) is 5.91 Å². The average Bonchev–Trinajstić information content (AvgIpc) is 2.79. The first-order chi connectivity index (χ1) is 9.51. The van der Waals surface area contributed by atoms with E-state index in [0.29, 0.717) is 6.42 Å². The molecule has 1 aromatic heterocycles.